The van der Waals surface area contributed by atoms with Crippen LogP contribution >= 0.6 is 0 Å². The fraction of sp³-hybridized carbons (Fsp3) is 0.600. The molecule has 2 aliphatic heterocycles. The Balaban J connectivity index is 1.32. The lowest BCUT2D eigenvalue weighted by molar-refractivity contribution is 0.0181. The van der Waals surface area contributed by atoms with E-state index in [-0.39, 0.29) is 0 Å². The summed E-state index contributed by atoms with van der Waals surface area (Å²) in [7, 11) is 1.99. The fourth-order valence-electron chi connectivity index (χ4n) is 4.57. The lowest BCUT2D eigenvalue weighted by atomic mass is 9.72. The summed E-state index contributed by atoms with van der Waals surface area (Å²) in [6.45, 7) is 6.93. The summed E-state index contributed by atoms with van der Waals surface area (Å²) in [5.74, 6) is 0. The number of nitrogens with zero attached hydrogens (tertiary/aromatic N) is 5. The Morgan fingerprint density at radius 2 is 1.92 bits per heavy atom. The van der Waals surface area contributed by atoms with Gasteiger partial charge in [-0.3, -0.25) is 19.5 Å². The SMILES string of the molecule is Cn1cc(CN2CCC3(CCCN(Cc4ccccn4)C3)CC2)cn1. The summed E-state index contributed by atoms with van der Waals surface area (Å²) < 4.78 is 1.90. The molecule has 4 heterocycles. The summed E-state index contributed by atoms with van der Waals surface area (Å²) in [4.78, 5) is 9.73. The molecule has 0 N–H and O–H groups in total. The number of aromatic nitrogens is 3. The molecule has 0 aliphatic carbocycles. The van der Waals surface area contributed by atoms with E-state index in [2.05, 4.69) is 38.2 Å². The van der Waals surface area contributed by atoms with Gasteiger partial charge in [-0.05, 0) is 62.9 Å². The van der Waals surface area contributed by atoms with Gasteiger partial charge in [0.1, 0.15) is 0 Å². The van der Waals surface area contributed by atoms with Gasteiger partial charge in [0.2, 0.25) is 0 Å². The predicted molar refractivity (Wildman–Crippen MR) is 98.9 cm³/mol. The summed E-state index contributed by atoms with van der Waals surface area (Å²) in [5, 5.41) is 4.29. The van der Waals surface area contributed by atoms with Crippen LogP contribution in [-0.2, 0) is 20.1 Å². The van der Waals surface area contributed by atoms with Crippen molar-refractivity contribution in [2.45, 2.75) is 38.8 Å². The van der Waals surface area contributed by atoms with Gasteiger partial charge in [0.05, 0.1) is 11.9 Å². The lowest BCUT2D eigenvalue weighted by Gasteiger charge is -2.47. The molecule has 0 atom stereocenters. The molecule has 0 saturated carbocycles. The van der Waals surface area contributed by atoms with E-state index in [0.29, 0.717) is 5.41 Å². The molecule has 0 unspecified atom stereocenters. The van der Waals surface area contributed by atoms with Gasteiger partial charge in [-0.2, -0.15) is 5.10 Å². The van der Waals surface area contributed by atoms with Crippen molar-refractivity contribution in [1.29, 1.82) is 0 Å². The number of hydrogen-bond acceptors (Lipinski definition) is 4. The zero-order valence-corrected chi connectivity index (χ0v) is 15.3. The van der Waals surface area contributed by atoms with Crippen molar-refractivity contribution in [3.63, 3.8) is 0 Å². The van der Waals surface area contributed by atoms with Gasteiger partial charge < -0.3 is 0 Å². The first-order valence-electron chi connectivity index (χ1n) is 9.53. The van der Waals surface area contributed by atoms with E-state index in [0.717, 1.165) is 13.1 Å². The van der Waals surface area contributed by atoms with Crippen LogP contribution in [0.2, 0.25) is 0 Å². The maximum Gasteiger partial charge on any atom is 0.0543 e. The molecule has 5 heteroatoms. The third-order valence-corrected chi connectivity index (χ3v) is 5.93. The first-order valence-corrected chi connectivity index (χ1v) is 9.53. The van der Waals surface area contributed by atoms with Crippen molar-refractivity contribution in [3.8, 4) is 0 Å². The van der Waals surface area contributed by atoms with Gasteiger partial charge in [-0.1, -0.05) is 6.07 Å². The second-order valence-electron chi connectivity index (χ2n) is 7.93. The van der Waals surface area contributed by atoms with Crippen LogP contribution in [0, 0.1) is 5.41 Å². The summed E-state index contributed by atoms with van der Waals surface area (Å²) in [5.41, 5.74) is 3.06. The van der Waals surface area contributed by atoms with Crippen molar-refractivity contribution >= 4 is 0 Å². The van der Waals surface area contributed by atoms with Gasteiger partial charge in [0.15, 0.2) is 0 Å². The molecule has 2 aromatic rings. The van der Waals surface area contributed by atoms with Crippen LogP contribution < -0.4 is 0 Å². The average Bonchev–Trinajstić information content (AvgIpc) is 3.03. The van der Waals surface area contributed by atoms with E-state index >= 15 is 0 Å². The molecule has 0 amide bonds. The molecule has 2 aromatic heterocycles. The molecule has 0 aromatic carbocycles. The van der Waals surface area contributed by atoms with Crippen molar-refractivity contribution in [1.82, 2.24) is 24.6 Å². The maximum absolute atomic E-state index is 4.51. The molecule has 2 fully saturated rings. The number of aryl methyl sites for hydroxylation is 1. The number of piperidine rings is 2. The van der Waals surface area contributed by atoms with E-state index in [4.69, 9.17) is 0 Å². The Labute approximate surface area is 150 Å². The zero-order valence-electron chi connectivity index (χ0n) is 15.3. The van der Waals surface area contributed by atoms with Crippen molar-refractivity contribution in [3.05, 3.63) is 48.0 Å². The first-order chi connectivity index (χ1) is 12.2. The Bertz CT molecular complexity index is 672. The van der Waals surface area contributed by atoms with Crippen molar-refractivity contribution in [2.24, 2.45) is 12.5 Å². The Morgan fingerprint density at radius 3 is 2.64 bits per heavy atom. The molecule has 25 heavy (non-hydrogen) atoms. The highest BCUT2D eigenvalue weighted by molar-refractivity contribution is 5.05. The molecule has 5 nitrogen and oxygen atoms in total. The quantitative estimate of drug-likeness (QED) is 0.858. The third-order valence-electron chi connectivity index (χ3n) is 5.93. The monoisotopic (exact) mass is 339 g/mol. The second-order valence-corrected chi connectivity index (χ2v) is 7.93. The number of likely N-dealkylation sites (tertiary alicyclic amines) is 2. The number of rotatable bonds is 4. The number of hydrogen-bond donors (Lipinski definition) is 0. The molecule has 134 valence electrons. The highest BCUT2D eigenvalue weighted by Gasteiger charge is 2.38. The largest absolute Gasteiger partial charge is 0.299 e. The van der Waals surface area contributed by atoms with Gasteiger partial charge in [0, 0.05) is 44.6 Å². The van der Waals surface area contributed by atoms with E-state index < -0.39 is 0 Å². The van der Waals surface area contributed by atoms with Crippen LogP contribution in [0.3, 0.4) is 0 Å². The normalized spacial score (nSPS) is 21.6. The molecule has 4 rings (SSSR count). The smallest absolute Gasteiger partial charge is 0.0543 e. The lowest BCUT2D eigenvalue weighted by Crippen LogP contribution is -2.49. The van der Waals surface area contributed by atoms with E-state index in [9.17, 15) is 0 Å². The predicted octanol–water partition coefficient (Wildman–Crippen LogP) is 2.69. The Hall–Kier alpha value is -1.72. The molecule has 0 bridgehead atoms. The third kappa shape index (κ3) is 4.10. The zero-order chi connectivity index (χ0) is 17.1. The second kappa shape index (κ2) is 7.26. The molecular weight excluding hydrogens is 310 g/mol. The molecule has 1 spiro atoms. The minimum Gasteiger partial charge on any atom is -0.299 e. The van der Waals surface area contributed by atoms with Crippen LogP contribution in [0.4, 0.5) is 0 Å². The molecular formula is C20H29N5. The standard InChI is InChI=1S/C20H29N5/c1-23-14-18(13-22-23)15-24-11-7-20(8-12-24)6-4-10-25(17-20)16-19-5-2-3-9-21-19/h2-3,5,9,13-14H,4,6-8,10-12,15-17H2,1H3. The van der Waals surface area contributed by atoms with E-state index in [1.165, 1.54) is 63.1 Å². The van der Waals surface area contributed by atoms with E-state index in [1.807, 2.05) is 30.2 Å². The van der Waals surface area contributed by atoms with Gasteiger partial charge in [-0.15, -0.1) is 0 Å². The Kier molecular flexibility index (Phi) is 4.86. The highest BCUT2D eigenvalue weighted by Crippen LogP contribution is 2.40. The minimum atomic E-state index is 0.526. The van der Waals surface area contributed by atoms with Crippen molar-refractivity contribution < 1.29 is 0 Å². The Morgan fingerprint density at radius 1 is 1.04 bits per heavy atom. The van der Waals surface area contributed by atoms with Crippen LogP contribution in [0.5, 0.6) is 0 Å². The topological polar surface area (TPSA) is 37.2 Å². The van der Waals surface area contributed by atoms with Crippen LogP contribution in [-0.4, -0.2) is 50.7 Å². The first kappa shape index (κ1) is 16.7. The van der Waals surface area contributed by atoms with Crippen molar-refractivity contribution in [2.75, 3.05) is 26.2 Å². The summed E-state index contributed by atoms with van der Waals surface area (Å²) in [6.07, 6.45) is 11.4. The summed E-state index contributed by atoms with van der Waals surface area (Å²) in [6, 6.07) is 6.25. The van der Waals surface area contributed by atoms with Crippen LogP contribution in [0.1, 0.15) is 36.9 Å². The molecule has 0 radical (unpaired) electrons. The summed E-state index contributed by atoms with van der Waals surface area (Å²) >= 11 is 0. The molecule has 2 saturated heterocycles. The van der Waals surface area contributed by atoms with Crippen LogP contribution in [0.15, 0.2) is 36.8 Å². The highest BCUT2D eigenvalue weighted by atomic mass is 15.2. The van der Waals surface area contributed by atoms with Crippen LogP contribution in [0.25, 0.3) is 0 Å². The number of pyridine rings is 1. The fourth-order valence-corrected chi connectivity index (χ4v) is 4.57. The van der Waals surface area contributed by atoms with Gasteiger partial charge >= 0.3 is 0 Å². The van der Waals surface area contributed by atoms with Gasteiger partial charge in [0.25, 0.3) is 0 Å². The van der Waals surface area contributed by atoms with Gasteiger partial charge in [-0.25, -0.2) is 0 Å². The maximum atomic E-state index is 4.51. The average molecular weight is 339 g/mol. The van der Waals surface area contributed by atoms with E-state index in [1.54, 1.807) is 0 Å². The minimum absolute atomic E-state index is 0.526. The molecule has 2 aliphatic rings.